The first-order valence-electron chi connectivity index (χ1n) is 9.90. The molecule has 3 heterocycles. The molecule has 1 aromatic rings. The molecule has 0 aliphatic carbocycles. The van der Waals surface area contributed by atoms with E-state index in [0.29, 0.717) is 5.92 Å². The Bertz CT molecular complexity index is 528. The van der Waals surface area contributed by atoms with Gasteiger partial charge in [0.2, 0.25) is 0 Å². The summed E-state index contributed by atoms with van der Waals surface area (Å²) in [5.74, 6) is 1.47. The summed E-state index contributed by atoms with van der Waals surface area (Å²) in [4.78, 5) is 21.0. The minimum atomic E-state index is 0.143. The number of hydrogen-bond donors (Lipinski definition) is 1. The van der Waals surface area contributed by atoms with Crippen molar-refractivity contribution in [1.29, 1.82) is 0 Å². The Morgan fingerprint density at radius 3 is 2.76 bits per heavy atom. The Morgan fingerprint density at radius 1 is 1.24 bits per heavy atom. The van der Waals surface area contributed by atoms with Crippen molar-refractivity contribution in [2.45, 2.75) is 45.6 Å². The van der Waals surface area contributed by atoms with E-state index in [1.54, 1.807) is 0 Å². The van der Waals surface area contributed by atoms with Crippen LogP contribution in [0.15, 0.2) is 24.5 Å². The number of urea groups is 1. The van der Waals surface area contributed by atoms with Crippen LogP contribution in [-0.2, 0) is 6.54 Å². The molecule has 2 aliphatic rings. The van der Waals surface area contributed by atoms with Crippen molar-refractivity contribution in [2.75, 3.05) is 32.7 Å². The minimum absolute atomic E-state index is 0.143. The zero-order valence-corrected chi connectivity index (χ0v) is 15.5. The average Bonchev–Trinajstić information content (AvgIpc) is 3.14. The van der Waals surface area contributed by atoms with Crippen LogP contribution in [0.5, 0.6) is 0 Å². The summed E-state index contributed by atoms with van der Waals surface area (Å²) >= 11 is 0. The molecular formula is C20H32N4O. The van der Waals surface area contributed by atoms with Gasteiger partial charge in [0.05, 0.1) is 0 Å². The highest BCUT2D eigenvalue weighted by atomic mass is 16.2. The Balaban J connectivity index is 1.39. The molecule has 5 heteroatoms. The first kappa shape index (κ1) is 18.2. The summed E-state index contributed by atoms with van der Waals surface area (Å²) in [6.07, 6.45) is 9.69. The number of likely N-dealkylation sites (tertiary alicyclic amines) is 2. The maximum Gasteiger partial charge on any atom is 0.317 e. The van der Waals surface area contributed by atoms with E-state index in [9.17, 15) is 4.79 Å². The largest absolute Gasteiger partial charge is 0.338 e. The lowest BCUT2D eigenvalue weighted by Crippen LogP contribution is -2.40. The van der Waals surface area contributed by atoms with Crippen LogP contribution in [0.4, 0.5) is 4.79 Å². The van der Waals surface area contributed by atoms with Crippen LogP contribution in [-0.4, -0.2) is 53.5 Å². The Labute approximate surface area is 151 Å². The highest BCUT2D eigenvalue weighted by molar-refractivity contribution is 5.74. The van der Waals surface area contributed by atoms with Crippen LogP contribution in [0.1, 0.15) is 44.6 Å². The summed E-state index contributed by atoms with van der Waals surface area (Å²) in [5, 5.41) is 3.06. The number of nitrogens with one attached hydrogen (secondary N) is 1. The quantitative estimate of drug-likeness (QED) is 0.807. The van der Waals surface area contributed by atoms with Gasteiger partial charge in [0.15, 0.2) is 0 Å². The molecule has 3 rings (SSSR count). The molecule has 2 fully saturated rings. The second-order valence-corrected chi connectivity index (χ2v) is 7.56. The SMILES string of the molecule is CCCCNC(=O)N1CC[C@H](C2CCN(Cc3cccnc3)CC2)C1. The molecular weight excluding hydrogens is 312 g/mol. The van der Waals surface area contributed by atoms with E-state index in [2.05, 4.69) is 28.2 Å². The number of amides is 2. The van der Waals surface area contributed by atoms with E-state index in [4.69, 9.17) is 0 Å². The molecule has 0 spiro atoms. The summed E-state index contributed by atoms with van der Waals surface area (Å²) < 4.78 is 0. The molecule has 138 valence electrons. The summed E-state index contributed by atoms with van der Waals surface area (Å²) in [6, 6.07) is 4.32. The highest BCUT2D eigenvalue weighted by Gasteiger charge is 2.33. The molecule has 0 saturated carbocycles. The van der Waals surface area contributed by atoms with Crippen LogP contribution in [0.2, 0.25) is 0 Å². The van der Waals surface area contributed by atoms with Gasteiger partial charge in [0, 0.05) is 38.6 Å². The standard InChI is InChI=1S/C20H32N4O/c1-2-3-10-22-20(25)24-13-8-19(16-24)18-6-11-23(12-7-18)15-17-5-4-9-21-14-17/h4-5,9,14,18-19H,2-3,6-8,10-13,15-16H2,1H3,(H,22,25)/t19-/m0/s1. The molecule has 0 radical (unpaired) electrons. The molecule has 2 aliphatic heterocycles. The monoisotopic (exact) mass is 344 g/mol. The minimum Gasteiger partial charge on any atom is -0.338 e. The van der Waals surface area contributed by atoms with Crippen molar-refractivity contribution in [3.63, 3.8) is 0 Å². The van der Waals surface area contributed by atoms with E-state index in [1.165, 1.54) is 37.9 Å². The van der Waals surface area contributed by atoms with E-state index < -0.39 is 0 Å². The summed E-state index contributed by atoms with van der Waals surface area (Å²) in [5.41, 5.74) is 1.30. The van der Waals surface area contributed by atoms with Crippen LogP contribution in [0.3, 0.4) is 0 Å². The van der Waals surface area contributed by atoms with Crippen LogP contribution in [0.25, 0.3) is 0 Å². The molecule has 1 aromatic heterocycles. The smallest absolute Gasteiger partial charge is 0.317 e. The van der Waals surface area contributed by atoms with Gasteiger partial charge >= 0.3 is 6.03 Å². The van der Waals surface area contributed by atoms with Crippen LogP contribution in [0, 0.1) is 11.8 Å². The van der Waals surface area contributed by atoms with Crippen molar-refractivity contribution in [3.05, 3.63) is 30.1 Å². The molecule has 0 aromatic carbocycles. The number of nitrogens with zero attached hydrogens (tertiary/aromatic N) is 3. The number of aromatic nitrogens is 1. The fourth-order valence-corrected chi connectivity index (χ4v) is 4.17. The fraction of sp³-hybridized carbons (Fsp3) is 0.700. The van der Waals surface area contributed by atoms with Crippen molar-refractivity contribution in [3.8, 4) is 0 Å². The number of rotatable bonds is 6. The van der Waals surface area contributed by atoms with E-state index in [1.807, 2.05) is 23.4 Å². The Hall–Kier alpha value is -1.62. The van der Waals surface area contributed by atoms with Gasteiger partial charge in [-0.2, -0.15) is 0 Å². The normalized spacial score (nSPS) is 22.3. The molecule has 25 heavy (non-hydrogen) atoms. The van der Waals surface area contributed by atoms with Crippen molar-refractivity contribution in [1.82, 2.24) is 20.1 Å². The third-order valence-electron chi connectivity index (χ3n) is 5.75. The third-order valence-corrected chi connectivity index (χ3v) is 5.75. The van der Waals surface area contributed by atoms with Gasteiger partial charge in [-0.1, -0.05) is 19.4 Å². The number of pyridine rings is 1. The first-order valence-corrected chi connectivity index (χ1v) is 9.90. The van der Waals surface area contributed by atoms with Gasteiger partial charge in [0.25, 0.3) is 0 Å². The lowest BCUT2D eigenvalue weighted by molar-refractivity contribution is 0.142. The second kappa shape index (κ2) is 9.18. The number of carbonyl (C=O) groups is 1. The zero-order chi connectivity index (χ0) is 17.5. The van der Waals surface area contributed by atoms with Crippen molar-refractivity contribution in [2.24, 2.45) is 11.8 Å². The predicted octanol–water partition coefficient (Wildman–Crippen LogP) is 3.13. The maximum atomic E-state index is 12.2. The molecule has 0 unspecified atom stereocenters. The number of unbranched alkanes of at least 4 members (excludes halogenated alkanes) is 1. The van der Waals surface area contributed by atoms with E-state index >= 15 is 0 Å². The molecule has 1 N–H and O–H groups in total. The Morgan fingerprint density at radius 2 is 2.04 bits per heavy atom. The predicted molar refractivity (Wildman–Crippen MR) is 100 cm³/mol. The van der Waals surface area contributed by atoms with Gasteiger partial charge < -0.3 is 10.2 Å². The van der Waals surface area contributed by atoms with Gasteiger partial charge in [0.1, 0.15) is 0 Å². The van der Waals surface area contributed by atoms with Crippen molar-refractivity contribution >= 4 is 6.03 Å². The molecule has 0 bridgehead atoms. The highest BCUT2D eigenvalue weighted by Crippen LogP contribution is 2.32. The summed E-state index contributed by atoms with van der Waals surface area (Å²) in [7, 11) is 0. The molecule has 2 saturated heterocycles. The fourth-order valence-electron chi connectivity index (χ4n) is 4.17. The third kappa shape index (κ3) is 5.18. The van der Waals surface area contributed by atoms with Crippen LogP contribution >= 0.6 is 0 Å². The number of carbonyl (C=O) groups excluding carboxylic acids is 1. The summed E-state index contributed by atoms with van der Waals surface area (Å²) in [6.45, 7) is 8.18. The van der Waals surface area contributed by atoms with Crippen LogP contribution < -0.4 is 5.32 Å². The molecule has 1 atom stereocenters. The van der Waals surface area contributed by atoms with E-state index in [0.717, 1.165) is 44.9 Å². The lowest BCUT2D eigenvalue weighted by atomic mass is 9.83. The van der Waals surface area contributed by atoms with E-state index in [-0.39, 0.29) is 6.03 Å². The van der Waals surface area contributed by atoms with Gasteiger partial charge in [-0.3, -0.25) is 9.88 Å². The second-order valence-electron chi connectivity index (χ2n) is 7.56. The van der Waals surface area contributed by atoms with Gasteiger partial charge in [-0.05, 0) is 62.2 Å². The Kier molecular flexibility index (Phi) is 6.68. The lowest BCUT2D eigenvalue weighted by Gasteiger charge is -2.34. The zero-order valence-electron chi connectivity index (χ0n) is 15.5. The number of hydrogen-bond acceptors (Lipinski definition) is 3. The maximum absolute atomic E-state index is 12.2. The molecule has 2 amide bonds. The van der Waals surface area contributed by atoms with Crippen molar-refractivity contribution < 1.29 is 4.79 Å². The first-order chi connectivity index (χ1) is 12.3. The number of piperidine rings is 1. The van der Waals surface area contributed by atoms with Gasteiger partial charge in [-0.15, -0.1) is 0 Å². The molecule has 5 nitrogen and oxygen atoms in total. The topological polar surface area (TPSA) is 48.5 Å². The average molecular weight is 345 g/mol. The van der Waals surface area contributed by atoms with Gasteiger partial charge in [-0.25, -0.2) is 4.79 Å².